The first-order valence-electron chi connectivity index (χ1n) is 8.03. The number of carbonyl (C=O) groups excluding carboxylic acids is 2. The number of nitrogens with zero attached hydrogens (tertiary/aromatic N) is 1. The first-order valence-corrected chi connectivity index (χ1v) is 8.03. The average molecular weight is 320 g/mol. The second-order valence-electron chi connectivity index (χ2n) is 5.89. The van der Waals surface area contributed by atoms with E-state index >= 15 is 0 Å². The molecule has 4 nitrogen and oxygen atoms in total. The van der Waals surface area contributed by atoms with E-state index in [1.165, 1.54) is 4.90 Å². The van der Waals surface area contributed by atoms with Gasteiger partial charge in [0.05, 0.1) is 5.56 Å². The lowest BCUT2D eigenvalue weighted by atomic mass is 10.1. The molecular formula is C20H20N2O2. The van der Waals surface area contributed by atoms with Crippen LogP contribution < -0.4 is 4.90 Å². The first-order chi connectivity index (χ1) is 11.5. The molecule has 0 saturated heterocycles. The molecule has 1 amide bonds. The molecule has 122 valence electrons. The monoisotopic (exact) mass is 320 g/mol. The van der Waals surface area contributed by atoms with Gasteiger partial charge in [0.1, 0.15) is 0 Å². The van der Waals surface area contributed by atoms with Gasteiger partial charge >= 0.3 is 0 Å². The maximum Gasteiger partial charge on any atom is 0.299 e. The quantitative estimate of drug-likeness (QED) is 0.583. The van der Waals surface area contributed by atoms with Crippen molar-refractivity contribution in [3.05, 3.63) is 65.4 Å². The molecule has 0 aliphatic rings. The molecule has 0 aliphatic heterocycles. The zero-order valence-electron chi connectivity index (χ0n) is 14.1. The van der Waals surface area contributed by atoms with Crippen LogP contribution in [-0.2, 0) is 4.79 Å². The summed E-state index contributed by atoms with van der Waals surface area (Å²) in [6, 6.07) is 15.2. The lowest BCUT2D eigenvalue weighted by Crippen LogP contribution is -2.36. The van der Waals surface area contributed by atoms with E-state index in [0.717, 1.165) is 27.8 Å². The Morgan fingerprint density at radius 3 is 2.50 bits per heavy atom. The average Bonchev–Trinajstić information content (AvgIpc) is 2.90. The van der Waals surface area contributed by atoms with E-state index in [1.807, 2.05) is 69.3 Å². The van der Waals surface area contributed by atoms with E-state index in [0.29, 0.717) is 12.1 Å². The Morgan fingerprint density at radius 2 is 1.79 bits per heavy atom. The van der Waals surface area contributed by atoms with Crippen LogP contribution in [-0.4, -0.2) is 23.2 Å². The zero-order chi connectivity index (χ0) is 17.3. The normalized spacial score (nSPS) is 10.8. The number of aromatic amines is 1. The lowest BCUT2D eigenvalue weighted by Gasteiger charge is -2.20. The van der Waals surface area contributed by atoms with E-state index in [2.05, 4.69) is 4.98 Å². The Kier molecular flexibility index (Phi) is 4.21. The third-order valence-corrected chi connectivity index (χ3v) is 4.19. The van der Waals surface area contributed by atoms with Crippen molar-refractivity contribution in [3.8, 4) is 0 Å². The highest BCUT2D eigenvalue weighted by atomic mass is 16.2. The summed E-state index contributed by atoms with van der Waals surface area (Å²) in [6.45, 7) is 6.10. The standard InChI is InChI=1S/C20H20N2O2/c1-4-22(15-9-7-8-13(2)12-15)20(24)19(23)18-14(3)21-17-11-6-5-10-16(17)18/h5-12,21H,4H2,1-3H3. The number of para-hydroxylation sites is 1. The van der Waals surface area contributed by atoms with Crippen LogP contribution in [0.25, 0.3) is 10.9 Å². The van der Waals surface area contributed by atoms with Crippen molar-refractivity contribution in [3.63, 3.8) is 0 Å². The Balaban J connectivity index is 2.01. The summed E-state index contributed by atoms with van der Waals surface area (Å²) in [5, 5.41) is 0.786. The molecule has 0 radical (unpaired) electrons. The van der Waals surface area contributed by atoms with E-state index in [9.17, 15) is 9.59 Å². The number of amides is 1. The van der Waals surface area contributed by atoms with E-state index in [-0.39, 0.29) is 0 Å². The predicted octanol–water partition coefficient (Wildman–Crippen LogP) is 4.02. The number of carbonyl (C=O) groups is 2. The summed E-state index contributed by atoms with van der Waals surface area (Å²) in [6.07, 6.45) is 0. The largest absolute Gasteiger partial charge is 0.358 e. The summed E-state index contributed by atoms with van der Waals surface area (Å²) in [5.74, 6) is -0.982. The van der Waals surface area contributed by atoms with E-state index in [4.69, 9.17) is 0 Å². The van der Waals surface area contributed by atoms with Gasteiger partial charge in [-0.05, 0) is 44.5 Å². The van der Waals surface area contributed by atoms with Crippen molar-refractivity contribution in [2.75, 3.05) is 11.4 Å². The van der Waals surface area contributed by atoms with Crippen molar-refractivity contribution in [1.82, 2.24) is 4.98 Å². The number of aromatic nitrogens is 1. The van der Waals surface area contributed by atoms with Crippen LogP contribution in [0.2, 0.25) is 0 Å². The van der Waals surface area contributed by atoms with Gasteiger partial charge in [-0.2, -0.15) is 0 Å². The van der Waals surface area contributed by atoms with Gasteiger partial charge in [0.15, 0.2) is 0 Å². The van der Waals surface area contributed by atoms with Gasteiger partial charge in [-0.15, -0.1) is 0 Å². The zero-order valence-corrected chi connectivity index (χ0v) is 14.1. The number of hydrogen-bond donors (Lipinski definition) is 1. The van der Waals surface area contributed by atoms with E-state index in [1.54, 1.807) is 0 Å². The first kappa shape index (κ1) is 16.0. The van der Waals surface area contributed by atoms with Gasteiger partial charge in [0, 0.05) is 28.8 Å². The third kappa shape index (κ3) is 2.71. The van der Waals surface area contributed by atoms with Crippen LogP contribution in [0.15, 0.2) is 48.5 Å². The third-order valence-electron chi connectivity index (χ3n) is 4.19. The molecule has 1 N–H and O–H groups in total. The number of Topliss-reactive ketones (excluding diaryl/α,β-unsaturated/α-hetero) is 1. The minimum Gasteiger partial charge on any atom is -0.358 e. The SMILES string of the molecule is CCN(C(=O)C(=O)c1c(C)[nH]c2ccccc12)c1cccc(C)c1. The molecule has 0 spiro atoms. The Bertz CT molecular complexity index is 924. The summed E-state index contributed by atoms with van der Waals surface area (Å²) in [5.41, 5.74) is 3.84. The van der Waals surface area contributed by atoms with Crippen LogP contribution in [0.5, 0.6) is 0 Å². The van der Waals surface area contributed by atoms with Gasteiger partial charge in [0.2, 0.25) is 0 Å². The number of ketones is 1. The Morgan fingerprint density at radius 1 is 1.04 bits per heavy atom. The molecule has 0 fully saturated rings. The highest BCUT2D eigenvalue weighted by molar-refractivity contribution is 6.49. The number of rotatable bonds is 4. The molecule has 0 saturated carbocycles. The minimum atomic E-state index is -0.504. The second-order valence-corrected chi connectivity index (χ2v) is 5.89. The molecule has 0 aliphatic carbocycles. The summed E-state index contributed by atoms with van der Waals surface area (Å²) >= 11 is 0. The smallest absolute Gasteiger partial charge is 0.299 e. The molecule has 4 heteroatoms. The summed E-state index contributed by atoms with van der Waals surface area (Å²) < 4.78 is 0. The van der Waals surface area contributed by atoms with Gasteiger partial charge < -0.3 is 9.88 Å². The number of aryl methyl sites for hydroxylation is 2. The second kappa shape index (κ2) is 6.32. The predicted molar refractivity (Wildman–Crippen MR) is 96.6 cm³/mol. The maximum atomic E-state index is 12.9. The fraction of sp³-hybridized carbons (Fsp3) is 0.200. The number of benzene rings is 2. The number of H-pyrrole nitrogens is 1. The van der Waals surface area contributed by atoms with Crippen molar-refractivity contribution < 1.29 is 9.59 Å². The van der Waals surface area contributed by atoms with Crippen molar-refractivity contribution >= 4 is 28.3 Å². The fourth-order valence-corrected chi connectivity index (χ4v) is 3.04. The maximum absolute atomic E-state index is 12.9. The molecule has 0 atom stereocenters. The molecular weight excluding hydrogens is 300 g/mol. The Labute approximate surface area is 141 Å². The number of likely N-dealkylation sites (N-methyl/N-ethyl adjacent to an activating group) is 1. The van der Waals surface area contributed by atoms with Crippen LogP contribution in [0.1, 0.15) is 28.5 Å². The molecule has 3 rings (SSSR count). The van der Waals surface area contributed by atoms with Crippen LogP contribution in [0, 0.1) is 13.8 Å². The minimum absolute atomic E-state index is 0.440. The van der Waals surface area contributed by atoms with Gasteiger partial charge in [0.25, 0.3) is 11.7 Å². The Hall–Kier alpha value is -2.88. The topological polar surface area (TPSA) is 53.2 Å². The summed E-state index contributed by atoms with van der Waals surface area (Å²) in [4.78, 5) is 30.4. The molecule has 24 heavy (non-hydrogen) atoms. The van der Waals surface area contributed by atoms with Gasteiger partial charge in [-0.25, -0.2) is 0 Å². The molecule has 1 aromatic heterocycles. The lowest BCUT2D eigenvalue weighted by molar-refractivity contribution is -0.114. The van der Waals surface area contributed by atoms with Gasteiger partial charge in [-0.3, -0.25) is 9.59 Å². The number of hydrogen-bond acceptors (Lipinski definition) is 2. The van der Waals surface area contributed by atoms with Crippen LogP contribution in [0.4, 0.5) is 5.69 Å². The number of anilines is 1. The molecule has 2 aromatic carbocycles. The van der Waals surface area contributed by atoms with Crippen molar-refractivity contribution in [2.45, 2.75) is 20.8 Å². The fourth-order valence-electron chi connectivity index (χ4n) is 3.04. The molecule has 1 heterocycles. The molecule has 0 unspecified atom stereocenters. The van der Waals surface area contributed by atoms with Crippen LogP contribution in [0.3, 0.4) is 0 Å². The van der Waals surface area contributed by atoms with Gasteiger partial charge in [-0.1, -0.05) is 30.3 Å². The van der Waals surface area contributed by atoms with Crippen molar-refractivity contribution in [1.29, 1.82) is 0 Å². The molecule has 0 bridgehead atoms. The molecule has 3 aromatic rings. The van der Waals surface area contributed by atoms with E-state index < -0.39 is 11.7 Å². The highest BCUT2D eigenvalue weighted by Gasteiger charge is 2.27. The number of fused-ring (bicyclic) bond motifs is 1. The summed E-state index contributed by atoms with van der Waals surface area (Å²) in [7, 11) is 0. The van der Waals surface area contributed by atoms with Crippen molar-refractivity contribution in [2.24, 2.45) is 0 Å². The number of nitrogens with one attached hydrogen (secondary N) is 1. The highest BCUT2D eigenvalue weighted by Crippen LogP contribution is 2.24. The van der Waals surface area contributed by atoms with Crippen LogP contribution >= 0.6 is 0 Å².